The average Bonchev–Trinajstić information content (AvgIpc) is 2.81. The number of carbonyl (C=O) groups is 3. The Bertz CT molecular complexity index is 1170. The van der Waals surface area contributed by atoms with Crippen molar-refractivity contribution < 1.29 is 31.6 Å². The highest BCUT2D eigenvalue weighted by Gasteiger charge is 2.26. The van der Waals surface area contributed by atoms with Crippen LogP contribution in [0.3, 0.4) is 0 Å². The van der Waals surface area contributed by atoms with E-state index in [4.69, 9.17) is 0 Å². The number of carbonyl (C=O) groups excluding carboxylic acids is 3. The first-order chi connectivity index (χ1) is 15.7. The van der Waals surface area contributed by atoms with E-state index in [0.717, 1.165) is 31.4 Å². The molecule has 0 saturated carbocycles. The van der Waals surface area contributed by atoms with Crippen LogP contribution < -0.4 is 16.2 Å². The molecule has 2 aromatic rings. The summed E-state index contributed by atoms with van der Waals surface area (Å²) in [4.78, 5) is 36.1. The number of hydrogen-bond donors (Lipinski definition) is 3. The summed E-state index contributed by atoms with van der Waals surface area (Å²) in [6.07, 6.45) is 2.51. The zero-order chi connectivity index (χ0) is 24.0. The van der Waals surface area contributed by atoms with Crippen LogP contribution in [0.1, 0.15) is 40.0 Å². The monoisotopic (exact) mass is 480 g/mol. The van der Waals surface area contributed by atoms with Crippen LogP contribution in [0.25, 0.3) is 0 Å². The molecule has 9 nitrogen and oxygen atoms in total. The van der Waals surface area contributed by atoms with E-state index in [1.807, 2.05) is 0 Å². The molecular weight excluding hydrogens is 458 g/mol. The first-order valence-electron chi connectivity index (χ1n) is 10.1. The molecule has 3 N–H and O–H groups in total. The van der Waals surface area contributed by atoms with E-state index >= 15 is 0 Å². The number of piperidine rings is 1. The third-order valence-electron chi connectivity index (χ3n) is 4.95. The average molecular weight is 480 g/mol. The fourth-order valence-corrected chi connectivity index (χ4v) is 4.79. The Hall–Kier alpha value is -3.38. The molecule has 12 heteroatoms. The summed E-state index contributed by atoms with van der Waals surface area (Å²) in [6, 6.07) is 7.78. The molecule has 2 aromatic carbocycles. The van der Waals surface area contributed by atoms with Crippen LogP contribution >= 0.6 is 0 Å². The van der Waals surface area contributed by atoms with Crippen LogP contribution in [0.5, 0.6) is 0 Å². The minimum atomic E-state index is -3.74. The second-order valence-corrected chi connectivity index (χ2v) is 9.24. The number of amides is 3. The topological polar surface area (TPSA) is 125 Å². The first kappa shape index (κ1) is 24.3. The van der Waals surface area contributed by atoms with E-state index in [1.54, 1.807) is 0 Å². The summed E-state index contributed by atoms with van der Waals surface area (Å²) in [7, 11) is -3.74. The van der Waals surface area contributed by atoms with Gasteiger partial charge in [0.15, 0.2) is 0 Å². The molecule has 0 atom stereocenters. The number of nitrogens with one attached hydrogen (secondary N) is 3. The standard InChI is InChI=1S/C21H22F2N4O5S/c22-15-7-8-17(18(23)12-15)21(30)24-13-19(28)25-26-20(29)14-5-4-6-16(11-14)33(31,32)27-9-2-1-3-10-27/h4-8,11-12H,1-3,9-10,13H2,(H,24,30)(H,25,28)(H,26,29). The summed E-state index contributed by atoms with van der Waals surface area (Å²) < 4.78 is 53.4. The number of sulfonamides is 1. The van der Waals surface area contributed by atoms with E-state index in [2.05, 4.69) is 16.2 Å². The fraction of sp³-hybridized carbons (Fsp3) is 0.286. The molecular formula is C21H22F2N4O5S. The summed E-state index contributed by atoms with van der Waals surface area (Å²) in [5.41, 5.74) is 3.74. The number of halogens is 2. The molecule has 33 heavy (non-hydrogen) atoms. The molecule has 0 unspecified atom stereocenters. The van der Waals surface area contributed by atoms with E-state index in [1.165, 1.54) is 28.6 Å². The van der Waals surface area contributed by atoms with Crippen LogP contribution in [0, 0.1) is 11.6 Å². The van der Waals surface area contributed by atoms with E-state index in [9.17, 15) is 31.6 Å². The molecule has 0 spiro atoms. The van der Waals surface area contributed by atoms with Crippen molar-refractivity contribution in [1.29, 1.82) is 0 Å². The molecule has 1 aliphatic heterocycles. The van der Waals surface area contributed by atoms with Crippen LogP contribution in [0.2, 0.25) is 0 Å². The minimum absolute atomic E-state index is 0.00537. The van der Waals surface area contributed by atoms with E-state index in [-0.39, 0.29) is 10.5 Å². The van der Waals surface area contributed by atoms with Crippen molar-refractivity contribution in [3.63, 3.8) is 0 Å². The Morgan fingerprint density at radius 2 is 1.64 bits per heavy atom. The maximum atomic E-state index is 13.6. The van der Waals surface area contributed by atoms with Gasteiger partial charge in [-0.25, -0.2) is 17.2 Å². The Labute approximate surface area is 189 Å². The van der Waals surface area contributed by atoms with Crippen molar-refractivity contribution in [3.8, 4) is 0 Å². The lowest BCUT2D eigenvalue weighted by Gasteiger charge is -2.26. The molecule has 3 amide bonds. The first-order valence-corrected chi connectivity index (χ1v) is 11.5. The van der Waals surface area contributed by atoms with Gasteiger partial charge in [-0.2, -0.15) is 4.31 Å². The summed E-state index contributed by atoms with van der Waals surface area (Å²) >= 11 is 0. The smallest absolute Gasteiger partial charge is 0.269 e. The molecule has 1 aliphatic rings. The molecule has 0 bridgehead atoms. The van der Waals surface area contributed by atoms with Crippen molar-refractivity contribution in [2.24, 2.45) is 0 Å². The van der Waals surface area contributed by atoms with Gasteiger partial charge in [-0.3, -0.25) is 25.2 Å². The zero-order valence-corrected chi connectivity index (χ0v) is 18.3. The largest absolute Gasteiger partial charge is 0.343 e. The normalized spacial score (nSPS) is 14.4. The van der Waals surface area contributed by atoms with Crippen molar-refractivity contribution in [2.45, 2.75) is 24.2 Å². The molecule has 176 valence electrons. The van der Waals surface area contributed by atoms with Gasteiger partial charge in [0.2, 0.25) is 10.0 Å². The third kappa shape index (κ3) is 6.11. The maximum absolute atomic E-state index is 13.6. The van der Waals surface area contributed by atoms with Gasteiger partial charge in [-0.1, -0.05) is 12.5 Å². The van der Waals surface area contributed by atoms with Crippen LogP contribution in [-0.2, 0) is 14.8 Å². The SMILES string of the molecule is O=C(CNC(=O)c1ccc(F)cc1F)NNC(=O)c1cccc(S(=O)(=O)N2CCCCC2)c1. The van der Waals surface area contributed by atoms with Crippen molar-refractivity contribution >= 4 is 27.7 Å². The zero-order valence-electron chi connectivity index (χ0n) is 17.4. The van der Waals surface area contributed by atoms with Gasteiger partial charge in [-0.05, 0) is 43.2 Å². The predicted octanol–water partition coefficient (Wildman–Crippen LogP) is 1.33. The maximum Gasteiger partial charge on any atom is 0.269 e. The molecule has 0 aromatic heterocycles. The molecule has 0 radical (unpaired) electrons. The van der Waals surface area contributed by atoms with Gasteiger partial charge in [0.1, 0.15) is 11.6 Å². The molecule has 1 saturated heterocycles. The molecule has 1 heterocycles. The Morgan fingerprint density at radius 3 is 2.33 bits per heavy atom. The van der Waals surface area contributed by atoms with Gasteiger partial charge in [0.25, 0.3) is 17.7 Å². The Kier molecular flexibility index (Phi) is 7.71. The lowest BCUT2D eigenvalue weighted by molar-refractivity contribution is -0.120. The van der Waals surface area contributed by atoms with Crippen molar-refractivity contribution in [1.82, 2.24) is 20.5 Å². The van der Waals surface area contributed by atoms with Gasteiger partial charge in [0.05, 0.1) is 17.0 Å². The van der Waals surface area contributed by atoms with Gasteiger partial charge in [-0.15, -0.1) is 0 Å². The number of hydrazine groups is 1. The van der Waals surface area contributed by atoms with Crippen molar-refractivity contribution in [3.05, 3.63) is 65.2 Å². The molecule has 0 aliphatic carbocycles. The molecule has 3 rings (SSSR count). The van der Waals surface area contributed by atoms with Gasteiger partial charge in [0, 0.05) is 24.7 Å². The number of nitrogens with zero attached hydrogens (tertiary/aromatic N) is 1. The van der Waals surface area contributed by atoms with Crippen molar-refractivity contribution in [2.75, 3.05) is 19.6 Å². The second-order valence-electron chi connectivity index (χ2n) is 7.30. The number of benzene rings is 2. The highest BCUT2D eigenvalue weighted by molar-refractivity contribution is 7.89. The number of rotatable bonds is 6. The Morgan fingerprint density at radius 1 is 0.909 bits per heavy atom. The van der Waals surface area contributed by atoms with Crippen LogP contribution in [-0.4, -0.2) is 50.1 Å². The lowest BCUT2D eigenvalue weighted by atomic mass is 10.2. The predicted molar refractivity (Wildman–Crippen MR) is 113 cm³/mol. The quantitative estimate of drug-likeness (QED) is 0.538. The highest BCUT2D eigenvalue weighted by atomic mass is 32.2. The summed E-state index contributed by atoms with van der Waals surface area (Å²) in [5, 5.41) is 2.14. The third-order valence-corrected chi connectivity index (χ3v) is 6.84. The second kappa shape index (κ2) is 10.5. The van der Waals surface area contributed by atoms with Gasteiger partial charge < -0.3 is 5.32 Å². The summed E-state index contributed by atoms with van der Waals surface area (Å²) in [5.74, 6) is -4.46. The fourth-order valence-electron chi connectivity index (χ4n) is 3.22. The summed E-state index contributed by atoms with van der Waals surface area (Å²) in [6.45, 7) is 0.240. The van der Waals surface area contributed by atoms with E-state index < -0.39 is 51.5 Å². The minimum Gasteiger partial charge on any atom is -0.343 e. The van der Waals surface area contributed by atoms with Gasteiger partial charge >= 0.3 is 0 Å². The number of hydrogen-bond acceptors (Lipinski definition) is 5. The Balaban J connectivity index is 1.54. The lowest BCUT2D eigenvalue weighted by Crippen LogP contribution is -2.46. The highest BCUT2D eigenvalue weighted by Crippen LogP contribution is 2.21. The van der Waals surface area contributed by atoms with Crippen LogP contribution in [0.4, 0.5) is 8.78 Å². The molecule has 1 fully saturated rings. The van der Waals surface area contributed by atoms with E-state index in [0.29, 0.717) is 19.2 Å². The van der Waals surface area contributed by atoms with Crippen LogP contribution in [0.15, 0.2) is 47.4 Å².